The highest BCUT2D eigenvalue weighted by atomic mass is 32.2. The van der Waals surface area contributed by atoms with Gasteiger partial charge >= 0.3 is 0 Å². The normalized spacial score (nSPS) is 13.0. The lowest BCUT2D eigenvalue weighted by molar-refractivity contribution is -0.119. The first-order valence-electron chi connectivity index (χ1n) is 12.6. The first-order valence-corrected chi connectivity index (χ1v) is 14.1. The van der Waals surface area contributed by atoms with Crippen LogP contribution < -0.4 is 19.5 Å². The summed E-state index contributed by atoms with van der Waals surface area (Å²) in [5, 5.41) is 11.2. The van der Waals surface area contributed by atoms with E-state index in [1.54, 1.807) is 35.3 Å². The lowest BCUT2D eigenvalue weighted by Gasteiger charge is -2.21. The zero-order valence-electron chi connectivity index (χ0n) is 22.0. The standard InChI is InChI=1S/C27H28FN5O6S/c1-4-17-7-8-21(37-3)23(10-17)40(35,36)32-26-24-22(39-31-26)11-19(20-6-5-9-38-25(20)24)15-33-14-18(13-30-33)12-29-27(34)16(2)28/h7-8,10-11,13-14H,2,4-6,9,12,15H2,1,3H3,(H,29,34)(H,31,32). The van der Waals surface area contributed by atoms with Gasteiger partial charge in [0.25, 0.3) is 15.9 Å². The number of benzene rings is 2. The molecule has 13 heteroatoms. The molecule has 0 unspecified atom stereocenters. The Bertz CT molecular complexity index is 1710. The minimum absolute atomic E-state index is 0.00147. The van der Waals surface area contributed by atoms with Gasteiger partial charge in [0, 0.05) is 23.9 Å². The Labute approximate surface area is 230 Å². The van der Waals surface area contributed by atoms with E-state index < -0.39 is 21.8 Å². The summed E-state index contributed by atoms with van der Waals surface area (Å²) in [6.07, 6.45) is 5.45. The van der Waals surface area contributed by atoms with Gasteiger partial charge in [0.15, 0.2) is 17.2 Å². The molecule has 0 radical (unpaired) electrons. The first kappa shape index (κ1) is 27.2. The van der Waals surface area contributed by atoms with Gasteiger partial charge in [0.2, 0.25) is 0 Å². The van der Waals surface area contributed by atoms with Crippen LogP contribution in [0.5, 0.6) is 11.5 Å². The van der Waals surface area contributed by atoms with E-state index in [1.165, 1.54) is 7.11 Å². The number of nitrogens with zero attached hydrogens (tertiary/aromatic N) is 3. The van der Waals surface area contributed by atoms with Crippen LogP contribution in [0.2, 0.25) is 0 Å². The van der Waals surface area contributed by atoms with Gasteiger partial charge < -0.3 is 19.3 Å². The van der Waals surface area contributed by atoms with E-state index in [1.807, 2.05) is 13.0 Å². The van der Waals surface area contributed by atoms with Gasteiger partial charge in [-0.05, 0) is 48.6 Å². The third-order valence-electron chi connectivity index (χ3n) is 6.61. The second-order valence-electron chi connectivity index (χ2n) is 9.28. The molecule has 2 aromatic heterocycles. The quantitative estimate of drug-likeness (QED) is 0.275. The van der Waals surface area contributed by atoms with E-state index in [-0.39, 0.29) is 23.0 Å². The number of ether oxygens (including phenoxy) is 2. The summed E-state index contributed by atoms with van der Waals surface area (Å²) >= 11 is 0. The number of hydrogen-bond acceptors (Lipinski definition) is 8. The first-order chi connectivity index (χ1) is 19.2. The number of halogens is 1. The van der Waals surface area contributed by atoms with E-state index in [0.717, 1.165) is 23.1 Å². The minimum atomic E-state index is -4.08. The maximum absolute atomic E-state index is 13.4. The molecule has 11 nitrogen and oxygen atoms in total. The fourth-order valence-corrected chi connectivity index (χ4v) is 5.83. The average Bonchev–Trinajstić information content (AvgIpc) is 3.57. The Morgan fingerprint density at radius 3 is 2.85 bits per heavy atom. The Morgan fingerprint density at radius 1 is 1.27 bits per heavy atom. The number of amides is 1. The van der Waals surface area contributed by atoms with Crippen molar-refractivity contribution in [2.75, 3.05) is 18.4 Å². The largest absolute Gasteiger partial charge is 0.495 e. The molecule has 0 saturated carbocycles. The predicted molar refractivity (Wildman–Crippen MR) is 144 cm³/mol. The van der Waals surface area contributed by atoms with Crippen LogP contribution in [0.3, 0.4) is 0 Å². The van der Waals surface area contributed by atoms with Crippen LogP contribution in [-0.2, 0) is 40.7 Å². The van der Waals surface area contributed by atoms with E-state index >= 15 is 0 Å². The summed E-state index contributed by atoms with van der Waals surface area (Å²) in [7, 11) is -2.66. The van der Waals surface area contributed by atoms with Crippen LogP contribution in [0.4, 0.5) is 10.2 Å². The zero-order chi connectivity index (χ0) is 28.4. The van der Waals surface area contributed by atoms with Crippen LogP contribution in [0, 0.1) is 0 Å². The van der Waals surface area contributed by atoms with Crippen LogP contribution in [0.1, 0.15) is 35.6 Å². The number of sulfonamides is 1. The van der Waals surface area contributed by atoms with Crippen molar-refractivity contribution in [2.45, 2.75) is 44.2 Å². The SMILES string of the molecule is C=C(F)C(=O)NCc1cnn(Cc2cc3onc(NS(=O)(=O)c4cc(CC)ccc4OC)c3c3c2CCCO3)c1. The molecule has 0 atom stereocenters. The lowest BCUT2D eigenvalue weighted by Crippen LogP contribution is -2.22. The Hall–Kier alpha value is -4.39. The molecule has 5 rings (SSSR count). The van der Waals surface area contributed by atoms with E-state index in [2.05, 4.69) is 26.9 Å². The second kappa shape index (κ2) is 11.0. The van der Waals surface area contributed by atoms with Gasteiger partial charge in [-0.3, -0.25) is 14.2 Å². The van der Waals surface area contributed by atoms with Gasteiger partial charge in [-0.2, -0.15) is 5.10 Å². The van der Waals surface area contributed by atoms with E-state index in [0.29, 0.717) is 48.3 Å². The number of carbonyl (C=O) groups excluding carboxylic acids is 1. The van der Waals surface area contributed by atoms with Crippen molar-refractivity contribution < 1.29 is 31.6 Å². The molecule has 0 aliphatic carbocycles. The van der Waals surface area contributed by atoms with Crippen molar-refractivity contribution in [2.24, 2.45) is 0 Å². The molecule has 0 saturated heterocycles. The number of carbonyl (C=O) groups is 1. The Balaban J connectivity index is 1.46. The highest BCUT2D eigenvalue weighted by Crippen LogP contribution is 2.41. The number of anilines is 1. The third-order valence-corrected chi connectivity index (χ3v) is 7.97. The molecular formula is C27H28FN5O6S. The number of aromatic nitrogens is 3. The molecule has 2 N–H and O–H groups in total. The molecule has 0 spiro atoms. The van der Waals surface area contributed by atoms with Crippen LogP contribution in [-0.4, -0.2) is 43.0 Å². The molecular weight excluding hydrogens is 541 g/mol. The van der Waals surface area contributed by atoms with Gasteiger partial charge in [-0.25, -0.2) is 12.8 Å². The molecule has 40 heavy (non-hydrogen) atoms. The molecule has 3 heterocycles. The van der Waals surface area contributed by atoms with Crippen LogP contribution in [0.25, 0.3) is 11.0 Å². The van der Waals surface area contributed by atoms with Gasteiger partial charge in [0.1, 0.15) is 21.8 Å². The average molecular weight is 570 g/mol. The van der Waals surface area contributed by atoms with E-state index in [4.69, 9.17) is 14.0 Å². The van der Waals surface area contributed by atoms with Crippen molar-refractivity contribution in [3.05, 3.63) is 71.3 Å². The monoisotopic (exact) mass is 569 g/mol. The molecule has 1 aliphatic heterocycles. The molecule has 0 fully saturated rings. The Kier molecular flexibility index (Phi) is 7.48. The number of hydrogen-bond donors (Lipinski definition) is 2. The summed E-state index contributed by atoms with van der Waals surface area (Å²) < 4.78 is 60.9. The zero-order valence-corrected chi connectivity index (χ0v) is 22.8. The van der Waals surface area contributed by atoms with Gasteiger partial charge in [0.05, 0.1) is 26.5 Å². The number of rotatable bonds is 10. The Morgan fingerprint density at radius 2 is 2.10 bits per heavy atom. The highest BCUT2D eigenvalue weighted by Gasteiger charge is 2.28. The molecule has 2 aromatic carbocycles. The van der Waals surface area contributed by atoms with Crippen molar-refractivity contribution >= 4 is 32.7 Å². The van der Waals surface area contributed by atoms with Gasteiger partial charge in [-0.15, -0.1) is 0 Å². The summed E-state index contributed by atoms with van der Waals surface area (Å²) in [5.74, 6) is -1.19. The number of methoxy groups -OCH3 is 1. The molecule has 4 aromatic rings. The number of fused-ring (bicyclic) bond motifs is 3. The summed E-state index contributed by atoms with van der Waals surface area (Å²) in [5.41, 5.74) is 3.63. The third kappa shape index (κ3) is 5.37. The topological polar surface area (TPSA) is 138 Å². The number of aryl methyl sites for hydroxylation is 1. The molecule has 1 amide bonds. The predicted octanol–water partition coefficient (Wildman–Crippen LogP) is 3.87. The second-order valence-corrected chi connectivity index (χ2v) is 10.9. The van der Waals surface area contributed by atoms with Crippen molar-refractivity contribution in [3.8, 4) is 11.5 Å². The van der Waals surface area contributed by atoms with Gasteiger partial charge in [-0.1, -0.05) is 24.7 Å². The summed E-state index contributed by atoms with van der Waals surface area (Å²) in [6, 6.07) is 6.81. The maximum Gasteiger partial charge on any atom is 0.279 e. The molecule has 210 valence electrons. The van der Waals surface area contributed by atoms with Crippen molar-refractivity contribution in [3.63, 3.8) is 0 Å². The fraction of sp³-hybridized carbons (Fsp3) is 0.296. The van der Waals surface area contributed by atoms with E-state index in [9.17, 15) is 17.6 Å². The summed E-state index contributed by atoms with van der Waals surface area (Å²) in [6.45, 7) is 5.82. The molecule has 1 aliphatic rings. The molecule has 0 bridgehead atoms. The number of nitrogens with one attached hydrogen (secondary N) is 2. The van der Waals surface area contributed by atoms with Crippen LogP contribution >= 0.6 is 0 Å². The smallest absolute Gasteiger partial charge is 0.279 e. The fourth-order valence-electron chi connectivity index (χ4n) is 4.60. The van der Waals surface area contributed by atoms with Crippen molar-refractivity contribution in [1.82, 2.24) is 20.3 Å². The lowest BCUT2D eigenvalue weighted by atomic mass is 9.97. The maximum atomic E-state index is 13.4. The minimum Gasteiger partial charge on any atom is -0.495 e. The highest BCUT2D eigenvalue weighted by molar-refractivity contribution is 7.92. The summed E-state index contributed by atoms with van der Waals surface area (Å²) in [4.78, 5) is 11.4. The van der Waals surface area contributed by atoms with Crippen LogP contribution in [0.15, 0.2) is 58.5 Å². The van der Waals surface area contributed by atoms with Crippen molar-refractivity contribution in [1.29, 1.82) is 0 Å².